The molecular weight excluding hydrogens is 248 g/mol. The quantitative estimate of drug-likeness (QED) is 0.878. The Balaban J connectivity index is 2.00. The molecule has 1 fully saturated rings. The smallest absolute Gasteiger partial charge is 0.0793 e. The standard InChI is InChI=1S/C18H28O2/c1-18(2,3)15-9-10-16(19)14(11-15)12-17(20)13-7-5-4-6-8-13/h4-8,14-17,19-20H,9-12H2,1-3H3. The summed E-state index contributed by atoms with van der Waals surface area (Å²) in [6, 6.07) is 9.78. The molecule has 0 spiro atoms. The average Bonchev–Trinajstić information content (AvgIpc) is 2.41. The summed E-state index contributed by atoms with van der Waals surface area (Å²) in [4.78, 5) is 0. The lowest BCUT2D eigenvalue weighted by molar-refractivity contribution is -0.00500. The Bertz CT molecular complexity index is 407. The van der Waals surface area contributed by atoms with E-state index in [4.69, 9.17) is 0 Å². The molecule has 1 saturated carbocycles. The molecule has 1 aromatic carbocycles. The summed E-state index contributed by atoms with van der Waals surface area (Å²) in [6.07, 6.45) is 2.93. The van der Waals surface area contributed by atoms with Crippen molar-refractivity contribution in [3.05, 3.63) is 35.9 Å². The fourth-order valence-corrected chi connectivity index (χ4v) is 3.39. The van der Waals surface area contributed by atoms with Gasteiger partial charge in [-0.1, -0.05) is 51.1 Å². The second-order valence-electron chi connectivity index (χ2n) is 7.37. The lowest BCUT2D eigenvalue weighted by Gasteiger charge is -2.40. The van der Waals surface area contributed by atoms with E-state index in [1.165, 1.54) is 0 Å². The van der Waals surface area contributed by atoms with Crippen LogP contribution in [-0.2, 0) is 0 Å². The molecule has 1 aliphatic carbocycles. The Kier molecular flexibility index (Phi) is 4.87. The van der Waals surface area contributed by atoms with Crippen molar-refractivity contribution in [3.8, 4) is 0 Å². The molecule has 0 amide bonds. The third-order valence-corrected chi connectivity index (χ3v) is 4.88. The maximum atomic E-state index is 10.4. The van der Waals surface area contributed by atoms with Gasteiger partial charge in [-0.05, 0) is 48.5 Å². The summed E-state index contributed by atoms with van der Waals surface area (Å²) in [7, 11) is 0. The first-order valence-electron chi connectivity index (χ1n) is 7.79. The van der Waals surface area contributed by atoms with Crippen LogP contribution in [0.2, 0.25) is 0 Å². The van der Waals surface area contributed by atoms with Crippen LogP contribution in [0.25, 0.3) is 0 Å². The van der Waals surface area contributed by atoms with Crippen molar-refractivity contribution in [2.75, 3.05) is 0 Å². The highest BCUT2D eigenvalue weighted by Crippen LogP contribution is 2.42. The molecule has 0 radical (unpaired) electrons. The summed E-state index contributed by atoms with van der Waals surface area (Å²) in [5.41, 5.74) is 1.24. The third-order valence-electron chi connectivity index (χ3n) is 4.88. The first kappa shape index (κ1) is 15.5. The van der Waals surface area contributed by atoms with Crippen LogP contribution in [0, 0.1) is 17.3 Å². The van der Waals surface area contributed by atoms with Crippen LogP contribution in [0.5, 0.6) is 0 Å². The molecule has 2 heteroatoms. The molecule has 0 heterocycles. The Morgan fingerprint density at radius 3 is 2.40 bits per heavy atom. The van der Waals surface area contributed by atoms with Gasteiger partial charge in [-0.15, -0.1) is 0 Å². The Hall–Kier alpha value is -0.860. The summed E-state index contributed by atoms with van der Waals surface area (Å²) >= 11 is 0. The zero-order valence-electron chi connectivity index (χ0n) is 12.9. The SMILES string of the molecule is CC(C)(C)C1CCC(O)C(CC(O)c2ccccc2)C1. The fraction of sp³-hybridized carbons (Fsp3) is 0.667. The zero-order valence-corrected chi connectivity index (χ0v) is 12.9. The molecule has 0 aliphatic heterocycles. The Labute approximate surface area is 122 Å². The van der Waals surface area contributed by atoms with Gasteiger partial charge in [0.05, 0.1) is 12.2 Å². The first-order chi connectivity index (χ1) is 9.38. The predicted octanol–water partition coefficient (Wildman–Crippen LogP) is 3.93. The minimum atomic E-state index is -0.463. The van der Waals surface area contributed by atoms with Crippen LogP contribution >= 0.6 is 0 Å². The molecule has 2 rings (SSSR count). The van der Waals surface area contributed by atoms with Gasteiger partial charge in [0.1, 0.15) is 0 Å². The highest BCUT2D eigenvalue weighted by Gasteiger charge is 2.35. The second kappa shape index (κ2) is 6.28. The van der Waals surface area contributed by atoms with Crippen LogP contribution < -0.4 is 0 Å². The fourth-order valence-electron chi connectivity index (χ4n) is 3.39. The highest BCUT2D eigenvalue weighted by atomic mass is 16.3. The van der Waals surface area contributed by atoms with E-state index in [9.17, 15) is 10.2 Å². The van der Waals surface area contributed by atoms with Crippen LogP contribution in [0.1, 0.15) is 58.1 Å². The minimum Gasteiger partial charge on any atom is -0.393 e. The normalized spacial score (nSPS) is 29.1. The van der Waals surface area contributed by atoms with Gasteiger partial charge in [0.15, 0.2) is 0 Å². The largest absolute Gasteiger partial charge is 0.393 e. The molecule has 4 unspecified atom stereocenters. The summed E-state index contributed by atoms with van der Waals surface area (Å²) in [5.74, 6) is 0.849. The van der Waals surface area contributed by atoms with E-state index in [0.29, 0.717) is 12.3 Å². The number of aliphatic hydroxyl groups excluding tert-OH is 2. The van der Waals surface area contributed by atoms with E-state index in [-0.39, 0.29) is 17.4 Å². The van der Waals surface area contributed by atoms with Crippen molar-refractivity contribution in [3.63, 3.8) is 0 Å². The monoisotopic (exact) mass is 276 g/mol. The van der Waals surface area contributed by atoms with E-state index in [1.807, 2.05) is 30.3 Å². The first-order valence-corrected chi connectivity index (χ1v) is 7.79. The second-order valence-corrected chi connectivity index (χ2v) is 7.37. The lowest BCUT2D eigenvalue weighted by atomic mass is 9.67. The van der Waals surface area contributed by atoms with Gasteiger partial charge in [0.25, 0.3) is 0 Å². The van der Waals surface area contributed by atoms with Gasteiger partial charge in [-0.2, -0.15) is 0 Å². The zero-order chi connectivity index (χ0) is 14.8. The van der Waals surface area contributed by atoms with Gasteiger partial charge in [-0.25, -0.2) is 0 Å². The van der Waals surface area contributed by atoms with Crippen molar-refractivity contribution in [1.29, 1.82) is 0 Å². The number of rotatable bonds is 3. The van der Waals surface area contributed by atoms with Crippen molar-refractivity contribution < 1.29 is 10.2 Å². The van der Waals surface area contributed by atoms with Crippen molar-refractivity contribution in [1.82, 2.24) is 0 Å². The van der Waals surface area contributed by atoms with Crippen LogP contribution in [0.3, 0.4) is 0 Å². The molecule has 1 aromatic rings. The summed E-state index contributed by atoms with van der Waals surface area (Å²) in [5, 5.41) is 20.6. The van der Waals surface area contributed by atoms with Gasteiger partial charge in [0, 0.05) is 0 Å². The molecule has 20 heavy (non-hydrogen) atoms. The van der Waals surface area contributed by atoms with Crippen LogP contribution in [0.4, 0.5) is 0 Å². The Morgan fingerprint density at radius 1 is 1.15 bits per heavy atom. The van der Waals surface area contributed by atoms with E-state index in [0.717, 1.165) is 24.8 Å². The molecule has 0 saturated heterocycles. The van der Waals surface area contributed by atoms with E-state index in [1.54, 1.807) is 0 Å². The van der Waals surface area contributed by atoms with Crippen LogP contribution in [0.15, 0.2) is 30.3 Å². The predicted molar refractivity (Wildman–Crippen MR) is 82.3 cm³/mol. The maximum absolute atomic E-state index is 10.4. The number of hydrogen-bond acceptors (Lipinski definition) is 2. The highest BCUT2D eigenvalue weighted by molar-refractivity contribution is 5.17. The molecule has 0 bridgehead atoms. The van der Waals surface area contributed by atoms with Crippen molar-refractivity contribution >= 4 is 0 Å². The van der Waals surface area contributed by atoms with Crippen LogP contribution in [-0.4, -0.2) is 16.3 Å². The van der Waals surface area contributed by atoms with E-state index >= 15 is 0 Å². The Morgan fingerprint density at radius 2 is 1.80 bits per heavy atom. The van der Waals surface area contributed by atoms with Gasteiger partial charge in [-0.3, -0.25) is 0 Å². The molecule has 4 atom stereocenters. The minimum absolute atomic E-state index is 0.211. The number of aliphatic hydroxyl groups is 2. The molecular formula is C18H28O2. The maximum Gasteiger partial charge on any atom is 0.0793 e. The molecule has 2 N–H and O–H groups in total. The third kappa shape index (κ3) is 3.83. The van der Waals surface area contributed by atoms with Crippen molar-refractivity contribution in [2.24, 2.45) is 17.3 Å². The van der Waals surface area contributed by atoms with Gasteiger partial charge >= 0.3 is 0 Å². The van der Waals surface area contributed by atoms with Gasteiger partial charge < -0.3 is 10.2 Å². The molecule has 0 aromatic heterocycles. The van der Waals surface area contributed by atoms with E-state index < -0.39 is 6.10 Å². The topological polar surface area (TPSA) is 40.5 Å². The van der Waals surface area contributed by atoms with Gasteiger partial charge in [0.2, 0.25) is 0 Å². The molecule has 2 nitrogen and oxygen atoms in total. The lowest BCUT2D eigenvalue weighted by Crippen LogP contribution is -2.35. The number of benzene rings is 1. The molecule has 1 aliphatic rings. The van der Waals surface area contributed by atoms with Crippen molar-refractivity contribution in [2.45, 2.75) is 58.7 Å². The van der Waals surface area contributed by atoms with E-state index in [2.05, 4.69) is 20.8 Å². The molecule has 112 valence electrons. The number of hydrogen-bond donors (Lipinski definition) is 2. The summed E-state index contributed by atoms with van der Waals surface area (Å²) < 4.78 is 0. The average molecular weight is 276 g/mol. The summed E-state index contributed by atoms with van der Waals surface area (Å²) in [6.45, 7) is 6.83.